The lowest BCUT2D eigenvalue weighted by molar-refractivity contribution is 0.0982. The molecule has 0 amide bonds. The Morgan fingerprint density at radius 1 is 0.952 bits per heavy atom. The summed E-state index contributed by atoms with van der Waals surface area (Å²) in [4.78, 5) is 11.9. The summed E-state index contributed by atoms with van der Waals surface area (Å²) in [6.45, 7) is 0. The van der Waals surface area contributed by atoms with E-state index in [2.05, 4.69) is 0 Å². The average Bonchev–Trinajstić information content (AvgIpc) is 2.40. The molecule has 0 aromatic heterocycles. The molecule has 1 nitrogen and oxygen atoms in total. The Kier molecular flexibility index (Phi) is 4.63. The van der Waals surface area contributed by atoms with E-state index in [1.165, 1.54) is 6.07 Å². The highest BCUT2D eigenvalue weighted by molar-refractivity contribution is 6.31. The predicted molar refractivity (Wildman–Crippen MR) is 70.4 cm³/mol. The maximum Gasteiger partial charge on any atom is 0.194 e. The molecule has 0 heterocycles. The van der Waals surface area contributed by atoms with Gasteiger partial charge in [0.1, 0.15) is 5.82 Å². The Labute approximate surface area is 123 Å². The maximum absolute atomic E-state index is 13.1. The van der Waals surface area contributed by atoms with Crippen LogP contribution < -0.4 is 0 Å². The van der Waals surface area contributed by atoms with Crippen LogP contribution >= 0.6 is 11.6 Å². The molecule has 2 aromatic rings. The molecular weight excluding hydrogens is 308 g/mol. The second-order valence-electron chi connectivity index (χ2n) is 4.45. The first kappa shape index (κ1) is 15.5. The van der Waals surface area contributed by atoms with Crippen LogP contribution in [-0.2, 0) is 6.42 Å². The van der Waals surface area contributed by atoms with E-state index in [1.807, 2.05) is 0 Å². The minimum absolute atomic E-state index is 0.00108. The molecule has 0 atom stereocenters. The minimum Gasteiger partial charge on any atom is -0.294 e. The first-order chi connectivity index (χ1) is 9.86. The van der Waals surface area contributed by atoms with Crippen LogP contribution in [-0.4, -0.2) is 5.78 Å². The van der Waals surface area contributed by atoms with Gasteiger partial charge < -0.3 is 0 Å². The third-order valence-corrected chi connectivity index (χ3v) is 3.09. The molecule has 2 aromatic carbocycles. The second-order valence-corrected chi connectivity index (χ2v) is 4.89. The number of benzene rings is 2. The van der Waals surface area contributed by atoms with Crippen molar-refractivity contribution >= 4 is 17.4 Å². The Morgan fingerprint density at radius 2 is 1.57 bits per heavy atom. The van der Waals surface area contributed by atoms with Crippen LogP contribution in [0.15, 0.2) is 30.3 Å². The van der Waals surface area contributed by atoms with Crippen molar-refractivity contribution in [3.63, 3.8) is 0 Å². The summed E-state index contributed by atoms with van der Waals surface area (Å²) in [5.74, 6) is -5.26. The topological polar surface area (TPSA) is 17.1 Å². The molecule has 0 aliphatic heterocycles. The summed E-state index contributed by atoms with van der Waals surface area (Å²) in [5, 5.41) is 0.0808. The smallest absolute Gasteiger partial charge is 0.194 e. The Hall–Kier alpha value is -1.88. The van der Waals surface area contributed by atoms with Gasteiger partial charge in [-0.1, -0.05) is 11.6 Å². The zero-order valence-corrected chi connectivity index (χ0v) is 11.4. The van der Waals surface area contributed by atoms with E-state index >= 15 is 0 Å². The van der Waals surface area contributed by atoms with Crippen molar-refractivity contribution in [3.8, 4) is 0 Å². The molecule has 0 aliphatic rings. The summed E-state index contributed by atoms with van der Waals surface area (Å²) >= 11 is 5.64. The molecular formula is C15H9ClF4O. The van der Waals surface area contributed by atoms with Gasteiger partial charge in [0, 0.05) is 17.0 Å². The quantitative estimate of drug-likeness (QED) is 0.453. The molecule has 0 unspecified atom stereocenters. The molecule has 0 N–H and O–H groups in total. The predicted octanol–water partition coefficient (Wildman–Crippen LogP) is 4.71. The average molecular weight is 317 g/mol. The van der Waals surface area contributed by atoms with Gasteiger partial charge >= 0.3 is 0 Å². The minimum atomic E-state index is -1.55. The van der Waals surface area contributed by atoms with E-state index in [9.17, 15) is 22.4 Å². The van der Waals surface area contributed by atoms with Crippen LogP contribution in [0.5, 0.6) is 0 Å². The second kappa shape index (κ2) is 6.26. The van der Waals surface area contributed by atoms with Crippen LogP contribution in [0.1, 0.15) is 22.3 Å². The summed E-state index contributed by atoms with van der Waals surface area (Å²) < 4.78 is 52.0. The highest BCUT2D eigenvalue weighted by Gasteiger charge is 2.13. The van der Waals surface area contributed by atoms with E-state index in [-0.39, 0.29) is 29.0 Å². The molecule has 0 aliphatic carbocycles. The third-order valence-electron chi connectivity index (χ3n) is 2.87. The highest BCUT2D eigenvalue weighted by Crippen LogP contribution is 2.18. The number of hydrogen-bond acceptors (Lipinski definition) is 1. The summed E-state index contributed by atoms with van der Waals surface area (Å²) in [5.41, 5.74) is 0.213. The van der Waals surface area contributed by atoms with Gasteiger partial charge in [-0.3, -0.25) is 4.79 Å². The van der Waals surface area contributed by atoms with Crippen molar-refractivity contribution in [2.24, 2.45) is 0 Å². The van der Waals surface area contributed by atoms with Crippen LogP contribution in [0, 0.1) is 23.3 Å². The van der Waals surface area contributed by atoms with E-state index in [0.29, 0.717) is 0 Å². The molecule has 0 spiro atoms. The SMILES string of the molecule is O=C(CCc1cc(F)c(F)c(F)c1)c1cc(F)cc(Cl)c1. The molecule has 21 heavy (non-hydrogen) atoms. The Morgan fingerprint density at radius 3 is 2.14 bits per heavy atom. The number of halogens is 5. The summed E-state index contributed by atoms with van der Waals surface area (Å²) in [6, 6.07) is 5.04. The number of Topliss-reactive ketones (excluding diaryl/α,β-unsaturated/α-hetero) is 1. The first-order valence-electron chi connectivity index (χ1n) is 5.99. The Balaban J connectivity index is 2.11. The molecule has 6 heteroatoms. The summed E-state index contributed by atoms with van der Waals surface area (Å²) in [7, 11) is 0. The number of aryl methyl sites for hydroxylation is 1. The number of carbonyl (C=O) groups is 1. The Bertz CT molecular complexity index is 657. The van der Waals surface area contributed by atoms with Crippen molar-refractivity contribution in [2.45, 2.75) is 12.8 Å². The van der Waals surface area contributed by atoms with Crippen LogP contribution in [0.2, 0.25) is 5.02 Å². The zero-order valence-electron chi connectivity index (χ0n) is 10.6. The van der Waals surface area contributed by atoms with Gasteiger partial charge in [0.05, 0.1) is 0 Å². The fourth-order valence-electron chi connectivity index (χ4n) is 1.87. The van der Waals surface area contributed by atoms with Gasteiger partial charge in [-0.15, -0.1) is 0 Å². The van der Waals surface area contributed by atoms with Crippen molar-refractivity contribution in [2.75, 3.05) is 0 Å². The lowest BCUT2D eigenvalue weighted by Gasteiger charge is -2.04. The third kappa shape index (κ3) is 3.82. The van der Waals surface area contributed by atoms with Crippen LogP contribution in [0.4, 0.5) is 17.6 Å². The fourth-order valence-corrected chi connectivity index (χ4v) is 2.09. The van der Waals surface area contributed by atoms with Crippen molar-refractivity contribution in [1.29, 1.82) is 0 Å². The van der Waals surface area contributed by atoms with Crippen LogP contribution in [0.25, 0.3) is 0 Å². The normalized spacial score (nSPS) is 10.7. The molecule has 0 bridgehead atoms. The van der Waals surface area contributed by atoms with Crippen LogP contribution in [0.3, 0.4) is 0 Å². The van der Waals surface area contributed by atoms with Gasteiger partial charge in [0.15, 0.2) is 23.2 Å². The van der Waals surface area contributed by atoms with E-state index in [1.54, 1.807) is 0 Å². The largest absolute Gasteiger partial charge is 0.294 e. The van der Waals surface area contributed by atoms with Gasteiger partial charge in [-0.25, -0.2) is 17.6 Å². The van der Waals surface area contributed by atoms with Gasteiger partial charge in [0.2, 0.25) is 0 Å². The number of carbonyl (C=O) groups excluding carboxylic acids is 1. The molecule has 0 radical (unpaired) electrons. The monoisotopic (exact) mass is 316 g/mol. The number of ketones is 1. The molecule has 0 saturated carbocycles. The van der Waals surface area contributed by atoms with E-state index in [0.717, 1.165) is 24.3 Å². The first-order valence-corrected chi connectivity index (χ1v) is 6.37. The fraction of sp³-hybridized carbons (Fsp3) is 0.133. The summed E-state index contributed by atoms with van der Waals surface area (Å²) in [6.07, 6.45) is -0.106. The number of rotatable bonds is 4. The van der Waals surface area contributed by atoms with Crippen molar-refractivity contribution < 1.29 is 22.4 Å². The molecule has 110 valence electrons. The van der Waals surface area contributed by atoms with Crippen molar-refractivity contribution in [1.82, 2.24) is 0 Å². The maximum atomic E-state index is 13.1. The molecule has 2 rings (SSSR count). The molecule has 0 saturated heterocycles. The highest BCUT2D eigenvalue weighted by atomic mass is 35.5. The lowest BCUT2D eigenvalue weighted by Crippen LogP contribution is -2.03. The van der Waals surface area contributed by atoms with Crippen molar-refractivity contribution in [3.05, 3.63) is 69.8 Å². The zero-order chi connectivity index (χ0) is 15.6. The number of hydrogen-bond donors (Lipinski definition) is 0. The van der Waals surface area contributed by atoms with Gasteiger partial charge in [-0.2, -0.15) is 0 Å². The van der Waals surface area contributed by atoms with Gasteiger partial charge in [0.25, 0.3) is 0 Å². The lowest BCUT2D eigenvalue weighted by atomic mass is 10.0. The van der Waals surface area contributed by atoms with E-state index < -0.39 is 29.1 Å². The van der Waals surface area contributed by atoms with E-state index in [4.69, 9.17) is 11.6 Å². The standard InChI is InChI=1S/C15H9ClF4O/c16-10-5-9(6-11(17)7-10)14(21)2-1-8-3-12(18)15(20)13(19)4-8/h3-7H,1-2H2. The molecule has 0 fully saturated rings. The van der Waals surface area contributed by atoms with Gasteiger partial charge in [-0.05, 0) is 42.3 Å².